The highest BCUT2D eigenvalue weighted by Gasteiger charge is 2.29. The first-order chi connectivity index (χ1) is 9.88. The van der Waals surface area contributed by atoms with Crippen LogP contribution in [0.2, 0.25) is 0 Å². The van der Waals surface area contributed by atoms with Crippen molar-refractivity contribution in [2.75, 3.05) is 13.2 Å². The SMILES string of the molecule is Cc1ccn(CC(=O)NS(=O)(=O)C2CCCOC2)c(=O)c1. The molecule has 1 saturated heterocycles. The second kappa shape index (κ2) is 6.40. The number of hydrogen-bond donors (Lipinski definition) is 1. The van der Waals surface area contributed by atoms with Crippen LogP contribution < -0.4 is 10.3 Å². The molecule has 116 valence electrons. The van der Waals surface area contributed by atoms with Crippen LogP contribution in [-0.2, 0) is 26.1 Å². The number of sulfonamides is 1. The van der Waals surface area contributed by atoms with Crippen LogP contribution in [0.3, 0.4) is 0 Å². The van der Waals surface area contributed by atoms with E-state index in [1.54, 1.807) is 13.0 Å². The van der Waals surface area contributed by atoms with Gasteiger partial charge in [0.1, 0.15) is 11.8 Å². The van der Waals surface area contributed by atoms with Crippen molar-refractivity contribution in [2.45, 2.75) is 31.6 Å². The first kappa shape index (κ1) is 15.7. The van der Waals surface area contributed by atoms with Crippen LogP contribution in [0, 0.1) is 6.92 Å². The van der Waals surface area contributed by atoms with Gasteiger partial charge in [-0.2, -0.15) is 0 Å². The monoisotopic (exact) mass is 314 g/mol. The summed E-state index contributed by atoms with van der Waals surface area (Å²) in [5.74, 6) is -0.730. The molecular weight excluding hydrogens is 296 g/mol. The maximum atomic E-state index is 12.0. The molecule has 1 fully saturated rings. The molecule has 1 N–H and O–H groups in total. The molecule has 1 aliphatic rings. The van der Waals surface area contributed by atoms with Crippen LogP contribution >= 0.6 is 0 Å². The average Bonchev–Trinajstić information content (AvgIpc) is 2.42. The van der Waals surface area contributed by atoms with Gasteiger partial charge >= 0.3 is 0 Å². The maximum absolute atomic E-state index is 12.0. The molecule has 1 aromatic heterocycles. The van der Waals surface area contributed by atoms with E-state index in [0.717, 1.165) is 10.1 Å². The highest BCUT2D eigenvalue weighted by molar-refractivity contribution is 7.90. The smallest absolute Gasteiger partial charge is 0.253 e. The van der Waals surface area contributed by atoms with E-state index in [1.165, 1.54) is 12.3 Å². The summed E-state index contributed by atoms with van der Waals surface area (Å²) in [5.41, 5.74) is 0.437. The Kier molecular flexibility index (Phi) is 4.79. The number of aromatic nitrogens is 1. The average molecular weight is 314 g/mol. The Hall–Kier alpha value is -1.67. The van der Waals surface area contributed by atoms with Crippen LogP contribution in [0.4, 0.5) is 0 Å². The molecule has 1 unspecified atom stereocenters. The van der Waals surface area contributed by atoms with Crippen molar-refractivity contribution in [2.24, 2.45) is 0 Å². The first-order valence-electron chi connectivity index (χ1n) is 6.68. The molecule has 7 nitrogen and oxygen atoms in total. The molecular formula is C13H18N2O5S. The minimum atomic E-state index is -3.76. The molecule has 8 heteroatoms. The number of ether oxygens (including phenoxy) is 1. The molecule has 0 saturated carbocycles. The van der Waals surface area contributed by atoms with E-state index in [-0.39, 0.29) is 18.7 Å². The molecule has 0 aromatic carbocycles. The van der Waals surface area contributed by atoms with E-state index in [0.29, 0.717) is 19.4 Å². The molecule has 0 radical (unpaired) electrons. The highest BCUT2D eigenvalue weighted by Crippen LogP contribution is 2.13. The summed E-state index contributed by atoms with van der Waals surface area (Å²) in [6.07, 6.45) is 2.58. The first-order valence-corrected chi connectivity index (χ1v) is 8.22. The van der Waals surface area contributed by atoms with Gasteiger partial charge in [0.15, 0.2) is 0 Å². The van der Waals surface area contributed by atoms with Crippen molar-refractivity contribution in [3.8, 4) is 0 Å². The minimum absolute atomic E-state index is 0.0904. The Balaban J connectivity index is 2.02. The molecule has 1 aromatic rings. The summed E-state index contributed by atoms with van der Waals surface area (Å²) in [7, 11) is -3.76. The lowest BCUT2D eigenvalue weighted by Gasteiger charge is -2.22. The van der Waals surface area contributed by atoms with E-state index in [4.69, 9.17) is 4.74 Å². The van der Waals surface area contributed by atoms with Gasteiger partial charge in [-0.25, -0.2) is 8.42 Å². The van der Waals surface area contributed by atoms with E-state index in [1.807, 2.05) is 4.72 Å². The van der Waals surface area contributed by atoms with Crippen molar-refractivity contribution >= 4 is 15.9 Å². The zero-order chi connectivity index (χ0) is 15.5. The number of aryl methyl sites for hydroxylation is 1. The fourth-order valence-electron chi connectivity index (χ4n) is 2.12. The number of hydrogen-bond acceptors (Lipinski definition) is 5. The molecule has 0 aliphatic carbocycles. The second-order valence-corrected chi connectivity index (χ2v) is 7.04. The fourth-order valence-corrected chi connectivity index (χ4v) is 3.42. The molecule has 2 heterocycles. The molecule has 1 aliphatic heterocycles. The van der Waals surface area contributed by atoms with Crippen LogP contribution in [-0.4, -0.2) is 37.4 Å². The van der Waals surface area contributed by atoms with Gasteiger partial charge in [0.2, 0.25) is 10.0 Å². The fraction of sp³-hybridized carbons (Fsp3) is 0.538. The van der Waals surface area contributed by atoms with E-state index in [2.05, 4.69) is 0 Å². The van der Waals surface area contributed by atoms with Gasteiger partial charge in [-0.15, -0.1) is 0 Å². The number of nitrogens with zero attached hydrogens (tertiary/aromatic N) is 1. The highest BCUT2D eigenvalue weighted by atomic mass is 32.2. The standard InChI is InChI=1S/C13H18N2O5S/c1-10-4-5-15(13(17)7-10)8-12(16)14-21(18,19)11-3-2-6-20-9-11/h4-5,7,11H,2-3,6,8-9H2,1H3,(H,14,16). The van der Waals surface area contributed by atoms with Gasteiger partial charge in [-0.3, -0.25) is 14.3 Å². The third kappa shape index (κ3) is 4.15. The van der Waals surface area contributed by atoms with Gasteiger partial charge in [0.05, 0.1) is 6.61 Å². The van der Waals surface area contributed by atoms with Crippen molar-refractivity contribution in [1.82, 2.24) is 9.29 Å². The number of pyridine rings is 1. The Labute approximate surface area is 123 Å². The van der Waals surface area contributed by atoms with Gasteiger partial charge in [0.25, 0.3) is 11.5 Å². The molecule has 0 bridgehead atoms. The Morgan fingerprint density at radius 2 is 2.29 bits per heavy atom. The second-order valence-electron chi connectivity index (χ2n) is 5.08. The maximum Gasteiger partial charge on any atom is 0.253 e. The predicted molar refractivity (Wildman–Crippen MR) is 76.3 cm³/mol. The summed E-state index contributed by atoms with van der Waals surface area (Å²) < 4.78 is 32.3. The normalized spacial score (nSPS) is 19.2. The summed E-state index contributed by atoms with van der Waals surface area (Å²) in [6.45, 7) is 2.07. The number of carbonyl (C=O) groups is 1. The summed E-state index contributed by atoms with van der Waals surface area (Å²) in [5, 5.41) is -0.718. The van der Waals surface area contributed by atoms with Crippen molar-refractivity contribution in [1.29, 1.82) is 0 Å². The molecule has 21 heavy (non-hydrogen) atoms. The lowest BCUT2D eigenvalue weighted by Crippen LogP contribution is -2.44. The number of nitrogens with one attached hydrogen (secondary N) is 1. The van der Waals surface area contributed by atoms with Crippen LogP contribution in [0.1, 0.15) is 18.4 Å². The van der Waals surface area contributed by atoms with Gasteiger partial charge in [-0.05, 0) is 31.4 Å². The molecule has 1 atom stereocenters. The lowest BCUT2D eigenvalue weighted by molar-refractivity contribution is -0.120. The van der Waals surface area contributed by atoms with Crippen molar-refractivity contribution in [3.63, 3.8) is 0 Å². The largest absolute Gasteiger partial charge is 0.380 e. The molecule has 2 rings (SSSR count). The number of carbonyl (C=O) groups excluding carboxylic acids is 1. The van der Waals surface area contributed by atoms with E-state index < -0.39 is 21.2 Å². The summed E-state index contributed by atoms with van der Waals surface area (Å²) in [6, 6.07) is 3.06. The quantitative estimate of drug-likeness (QED) is 0.829. The van der Waals surface area contributed by atoms with Crippen LogP contribution in [0.25, 0.3) is 0 Å². The van der Waals surface area contributed by atoms with Gasteiger partial charge in [0, 0.05) is 18.9 Å². The van der Waals surface area contributed by atoms with Gasteiger partial charge in [-0.1, -0.05) is 0 Å². The number of amides is 1. The van der Waals surface area contributed by atoms with Crippen molar-refractivity contribution in [3.05, 3.63) is 34.2 Å². The zero-order valence-corrected chi connectivity index (χ0v) is 12.6. The lowest BCUT2D eigenvalue weighted by atomic mass is 10.2. The van der Waals surface area contributed by atoms with Crippen LogP contribution in [0.15, 0.2) is 23.1 Å². The van der Waals surface area contributed by atoms with Crippen molar-refractivity contribution < 1.29 is 17.9 Å². The van der Waals surface area contributed by atoms with E-state index >= 15 is 0 Å². The topological polar surface area (TPSA) is 94.5 Å². The Morgan fingerprint density at radius 1 is 1.52 bits per heavy atom. The molecule has 0 spiro atoms. The zero-order valence-electron chi connectivity index (χ0n) is 11.7. The molecule has 1 amide bonds. The Bertz CT molecular complexity index is 674. The minimum Gasteiger partial charge on any atom is -0.380 e. The van der Waals surface area contributed by atoms with E-state index in [9.17, 15) is 18.0 Å². The van der Waals surface area contributed by atoms with Gasteiger partial charge < -0.3 is 9.30 Å². The predicted octanol–water partition coefficient (Wildman–Crippen LogP) is -0.218. The Morgan fingerprint density at radius 3 is 2.90 bits per heavy atom. The summed E-state index contributed by atoms with van der Waals surface area (Å²) >= 11 is 0. The third-order valence-electron chi connectivity index (χ3n) is 3.28. The third-order valence-corrected chi connectivity index (χ3v) is 5.04. The summed E-state index contributed by atoms with van der Waals surface area (Å²) in [4.78, 5) is 23.5. The van der Waals surface area contributed by atoms with Crippen LogP contribution in [0.5, 0.6) is 0 Å². The number of rotatable bonds is 4.